The van der Waals surface area contributed by atoms with Gasteiger partial charge in [-0.3, -0.25) is 4.79 Å². The second-order valence-electron chi connectivity index (χ2n) is 3.52. The van der Waals surface area contributed by atoms with Crippen molar-refractivity contribution in [3.63, 3.8) is 0 Å². The summed E-state index contributed by atoms with van der Waals surface area (Å²) in [5.41, 5.74) is 0. The molecule has 1 aromatic rings. The zero-order valence-electron chi connectivity index (χ0n) is 9.16. The molecule has 5 heteroatoms. The second kappa shape index (κ2) is 5.61. The average molecular weight is 291 g/mol. The Kier molecular flexibility index (Phi) is 4.73. The third-order valence-corrected chi connectivity index (χ3v) is 3.30. The Morgan fingerprint density at radius 1 is 1.67 bits per heavy atom. The lowest BCUT2D eigenvalue weighted by atomic mass is 10.3. The maximum Gasteiger partial charge on any atom is 0.265 e. The Morgan fingerprint density at radius 2 is 2.33 bits per heavy atom. The van der Waals surface area contributed by atoms with Crippen LogP contribution in [0, 0.1) is 6.92 Å². The lowest BCUT2D eigenvalue weighted by Gasteiger charge is -2.25. The van der Waals surface area contributed by atoms with E-state index < -0.39 is 0 Å². The van der Waals surface area contributed by atoms with Gasteiger partial charge in [-0.2, -0.15) is 0 Å². The maximum absolute atomic E-state index is 12.1. The largest absolute Gasteiger partial charge is 0.335 e. The predicted octanol–water partition coefficient (Wildman–Crippen LogP) is 2.70. The van der Waals surface area contributed by atoms with Gasteiger partial charge >= 0.3 is 0 Å². The number of hydrogen-bond acceptors (Lipinski definition) is 3. The van der Waals surface area contributed by atoms with E-state index in [1.165, 1.54) is 11.3 Å². The standard InChI is InChI=1S/C10H15BrN2OS/c1-7(2)13(5-4-11)10(14)9-6-12-8(3)15-9/h6-7H,4-5H2,1-3H3. The van der Waals surface area contributed by atoms with E-state index in [1.54, 1.807) is 6.20 Å². The number of carbonyl (C=O) groups is 1. The van der Waals surface area contributed by atoms with Gasteiger partial charge in [-0.05, 0) is 20.8 Å². The molecule has 0 aliphatic carbocycles. The third kappa shape index (κ3) is 3.28. The minimum atomic E-state index is 0.0788. The molecule has 1 heterocycles. The first-order valence-electron chi connectivity index (χ1n) is 4.85. The number of alkyl halides is 1. The lowest BCUT2D eigenvalue weighted by molar-refractivity contribution is 0.0724. The molecule has 15 heavy (non-hydrogen) atoms. The Labute approximate surface area is 103 Å². The van der Waals surface area contributed by atoms with Crippen molar-refractivity contribution in [2.75, 3.05) is 11.9 Å². The molecule has 84 valence electrons. The van der Waals surface area contributed by atoms with Crippen LogP contribution in [0.4, 0.5) is 0 Å². The normalized spacial score (nSPS) is 10.7. The van der Waals surface area contributed by atoms with Gasteiger partial charge in [0, 0.05) is 17.9 Å². The van der Waals surface area contributed by atoms with E-state index in [1.807, 2.05) is 25.7 Å². The van der Waals surface area contributed by atoms with Crippen LogP contribution in [0.1, 0.15) is 28.5 Å². The molecule has 1 amide bonds. The highest BCUT2D eigenvalue weighted by Crippen LogP contribution is 2.15. The number of nitrogens with zero attached hydrogens (tertiary/aromatic N) is 2. The summed E-state index contributed by atoms with van der Waals surface area (Å²) < 4.78 is 0. The third-order valence-electron chi connectivity index (χ3n) is 2.04. The maximum atomic E-state index is 12.1. The number of thiazole rings is 1. The summed E-state index contributed by atoms with van der Waals surface area (Å²) in [5, 5.41) is 1.73. The van der Waals surface area contributed by atoms with E-state index in [4.69, 9.17) is 0 Å². The monoisotopic (exact) mass is 290 g/mol. The SMILES string of the molecule is Cc1ncc(C(=O)N(CCBr)C(C)C)s1. The van der Waals surface area contributed by atoms with Crippen LogP contribution in [0.2, 0.25) is 0 Å². The van der Waals surface area contributed by atoms with Crippen LogP contribution in [0.5, 0.6) is 0 Å². The fourth-order valence-corrected chi connectivity index (χ4v) is 2.40. The summed E-state index contributed by atoms with van der Waals surface area (Å²) >= 11 is 4.81. The van der Waals surface area contributed by atoms with Gasteiger partial charge in [-0.25, -0.2) is 4.98 Å². The van der Waals surface area contributed by atoms with E-state index in [0.717, 1.165) is 21.8 Å². The molecule has 0 saturated heterocycles. The van der Waals surface area contributed by atoms with Crippen LogP contribution >= 0.6 is 27.3 Å². The predicted molar refractivity (Wildman–Crippen MR) is 66.8 cm³/mol. The van der Waals surface area contributed by atoms with E-state index >= 15 is 0 Å². The first-order valence-corrected chi connectivity index (χ1v) is 6.79. The first-order chi connectivity index (χ1) is 7.06. The number of aromatic nitrogens is 1. The van der Waals surface area contributed by atoms with Crippen LogP contribution in [0.15, 0.2) is 6.20 Å². The molecule has 0 aliphatic heterocycles. The zero-order valence-corrected chi connectivity index (χ0v) is 11.6. The van der Waals surface area contributed by atoms with Crippen molar-refractivity contribution < 1.29 is 4.79 Å². The summed E-state index contributed by atoms with van der Waals surface area (Å²) in [7, 11) is 0. The van der Waals surface area contributed by atoms with Gasteiger partial charge in [-0.1, -0.05) is 15.9 Å². The van der Waals surface area contributed by atoms with E-state index in [0.29, 0.717) is 0 Å². The van der Waals surface area contributed by atoms with Crippen LogP contribution in [0.25, 0.3) is 0 Å². The smallest absolute Gasteiger partial charge is 0.265 e. The second-order valence-corrected chi connectivity index (χ2v) is 5.55. The fourth-order valence-electron chi connectivity index (χ4n) is 1.29. The Bertz CT molecular complexity index is 338. The highest BCUT2D eigenvalue weighted by molar-refractivity contribution is 9.09. The highest BCUT2D eigenvalue weighted by atomic mass is 79.9. The summed E-state index contributed by atoms with van der Waals surface area (Å²) in [6, 6.07) is 0.220. The van der Waals surface area contributed by atoms with E-state index in [-0.39, 0.29) is 11.9 Å². The lowest BCUT2D eigenvalue weighted by Crippen LogP contribution is -2.37. The summed E-state index contributed by atoms with van der Waals surface area (Å²) in [5.74, 6) is 0.0788. The number of amides is 1. The number of hydrogen-bond donors (Lipinski definition) is 0. The van der Waals surface area contributed by atoms with Gasteiger partial charge in [0.05, 0.1) is 11.2 Å². The van der Waals surface area contributed by atoms with Crippen molar-refractivity contribution in [3.8, 4) is 0 Å². The van der Waals surface area contributed by atoms with Crippen LogP contribution in [0.3, 0.4) is 0 Å². The Hall–Kier alpha value is -0.420. The number of carbonyl (C=O) groups excluding carboxylic acids is 1. The van der Waals surface area contributed by atoms with Crippen LogP contribution < -0.4 is 0 Å². The quantitative estimate of drug-likeness (QED) is 0.799. The molecule has 0 bridgehead atoms. The molecule has 1 rings (SSSR count). The van der Waals surface area contributed by atoms with Gasteiger partial charge in [0.1, 0.15) is 4.88 Å². The van der Waals surface area contributed by atoms with Crippen molar-refractivity contribution in [2.24, 2.45) is 0 Å². The molecule has 0 fully saturated rings. The molecule has 0 atom stereocenters. The highest BCUT2D eigenvalue weighted by Gasteiger charge is 2.19. The molecule has 0 N–H and O–H groups in total. The molecule has 1 aromatic heterocycles. The zero-order chi connectivity index (χ0) is 11.4. The van der Waals surface area contributed by atoms with Crippen molar-refractivity contribution in [3.05, 3.63) is 16.1 Å². The number of rotatable bonds is 4. The summed E-state index contributed by atoms with van der Waals surface area (Å²) in [6.07, 6.45) is 1.66. The van der Waals surface area contributed by atoms with Gasteiger partial charge in [0.15, 0.2) is 0 Å². The number of aryl methyl sites for hydroxylation is 1. The van der Waals surface area contributed by atoms with E-state index in [2.05, 4.69) is 20.9 Å². The molecule has 3 nitrogen and oxygen atoms in total. The van der Waals surface area contributed by atoms with Crippen molar-refractivity contribution in [1.29, 1.82) is 0 Å². The van der Waals surface area contributed by atoms with E-state index in [9.17, 15) is 4.79 Å². The molecular weight excluding hydrogens is 276 g/mol. The minimum absolute atomic E-state index is 0.0788. The van der Waals surface area contributed by atoms with Gasteiger partial charge in [0.2, 0.25) is 0 Å². The van der Waals surface area contributed by atoms with Crippen LogP contribution in [-0.4, -0.2) is 33.7 Å². The molecule has 0 aromatic carbocycles. The molecule has 0 saturated carbocycles. The van der Waals surface area contributed by atoms with Gasteiger partial charge < -0.3 is 4.90 Å². The molecule has 0 unspecified atom stereocenters. The molecule has 0 aliphatic rings. The summed E-state index contributed by atoms with van der Waals surface area (Å²) in [6.45, 7) is 6.68. The number of halogens is 1. The fraction of sp³-hybridized carbons (Fsp3) is 0.600. The Morgan fingerprint density at radius 3 is 2.73 bits per heavy atom. The average Bonchev–Trinajstić information content (AvgIpc) is 2.59. The van der Waals surface area contributed by atoms with Gasteiger partial charge in [0.25, 0.3) is 5.91 Å². The van der Waals surface area contributed by atoms with Crippen molar-refractivity contribution in [1.82, 2.24) is 9.88 Å². The molecular formula is C10H15BrN2OS. The van der Waals surface area contributed by atoms with Crippen LogP contribution in [-0.2, 0) is 0 Å². The topological polar surface area (TPSA) is 33.2 Å². The summed E-state index contributed by atoms with van der Waals surface area (Å²) in [4.78, 5) is 18.7. The van der Waals surface area contributed by atoms with Gasteiger partial charge in [-0.15, -0.1) is 11.3 Å². The molecule has 0 spiro atoms. The minimum Gasteiger partial charge on any atom is -0.335 e. The first kappa shape index (κ1) is 12.6. The Balaban J connectivity index is 2.80. The molecule has 0 radical (unpaired) electrons. The van der Waals surface area contributed by atoms with Crippen molar-refractivity contribution >= 4 is 33.2 Å². The van der Waals surface area contributed by atoms with Crippen molar-refractivity contribution in [2.45, 2.75) is 26.8 Å².